The van der Waals surface area contributed by atoms with E-state index in [1.807, 2.05) is 6.92 Å². The molecule has 2 aliphatic rings. The van der Waals surface area contributed by atoms with Gasteiger partial charge in [0.05, 0.1) is 10.8 Å². The molecule has 0 radical (unpaired) electrons. The van der Waals surface area contributed by atoms with Gasteiger partial charge in [-0.25, -0.2) is 13.4 Å². The average Bonchev–Trinajstić information content (AvgIpc) is 3.52. The Morgan fingerprint density at radius 2 is 1.96 bits per heavy atom. The van der Waals surface area contributed by atoms with Gasteiger partial charge < -0.3 is 5.32 Å². The van der Waals surface area contributed by atoms with Gasteiger partial charge in [0.1, 0.15) is 4.90 Å². The van der Waals surface area contributed by atoms with Gasteiger partial charge in [-0.05, 0) is 50.7 Å². The number of thioether (sulfide) groups is 1. The van der Waals surface area contributed by atoms with Gasteiger partial charge in [0.15, 0.2) is 0 Å². The van der Waals surface area contributed by atoms with Crippen LogP contribution in [0, 0.1) is 5.92 Å². The first-order valence-corrected chi connectivity index (χ1v) is 12.2. The van der Waals surface area contributed by atoms with Crippen LogP contribution < -0.4 is 5.32 Å². The lowest BCUT2D eigenvalue weighted by atomic mass is 9.96. The van der Waals surface area contributed by atoms with Crippen LogP contribution in [0.3, 0.4) is 0 Å². The minimum atomic E-state index is -3.52. The van der Waals surface area contributed by atoms with Crippen LogP contribution in [0.4, 0.5) is 0 Å². The fourth-order valence-corrected chi connectivity index (χ4v) is 5.58. The van der Waals surface area contributed by atoms with E-state index in [0.29, 0.717) is 10.9 Å². The normalized spacial score (nSPS) is 19.8. The first kappa shape index (κ1) is 20.6. The summed E-state index contributed by atoms with van der Waals surface area (Å²) in [6.45, 7) is 2.04. The minimum Gasteiger partial charge on any atom is -0.353 e. The topological polar surface area (TPSA) is 79.4 Å². The third-order valence-electron chi connectivity index (χ3n) is 5.54. The highest BCUT2D eigenvalue weighted by Crippen LogP contribution is 2.32. The minimum absolute atomic E-state index is 0.00469. The lowest BCUT2D eigenvalue weighted by Crippen LogP contribution is -2.38. The van der Waals surface area contributed by atoms with Gasteiger partial charge in [0.25, 0.3) is 0 Å². The van der Waals surface area contributed by atoms with E-state index in [1.54, 1.807) is 19.2 Å². The Kier molecular flexibility index (Phi) is 6.81. The first-order chi connectivity index (χ1) is 12.9. The third-order valence-corrected chi connectivity index (χ3v) is 8.38. The summed E-state index contributed by atoms with van der Waals surface area (Å²) in [4.78, 5) is 16.5. The Balaban J connectivity index is 1.54. The molecule has 1 amide bonds. The molecular weight excluding hydrogens is 382 g/mol. The second-order valence-corrected chi connectivity index (χ2v) is 10.6. The highest BCUT2D eigenvalue weighted by atomic mass is 32.2. The van der Waals surface area contributed by atoms with E-state index >= 15 is 0 Å². The van der Waals surface area contributed by atoms with Gasteiger partial charge in [-0.1, -0.05) is 31.0 Å². The Morgan fingerprint density at radius 1 is 1.26 bits per heavy atom. The van der Waals surface area contributed by atoms with Crippen LogP contribution in [0.2, 0.25) is 0 Å². The first-order valence-electron chi connectivity index (χ1n) is 9.74. The van der Waals surface area contributed by atoms with Crippen molar-refractivity contribution in [2.24, 2.45) is 5.92 Å². The molecule has 2 aliphatic carbocycles. The second kappa shape index (κ2) is 8.92. The van der Waals surface area contributed by atoms with E-state index in [2.05, 4.69) is 10.3 Å². The fourth-order valence-electron chi connectivity index (χ4n) is 3.56. The molecule has 0 saturated heterocycles. The van der Waals surface area contributed by atoms with Crippen LogP contribution >= 0.6 is 11.8 Å². The van der Waals surface area contributed by atoms with Gasteiger partial charge in [0.2, 0.25) is 15.9 Å². The molecule has 2 saturated carbocycles. The SMILES string of the molecule is C[C@H](NC(=O)CSc1ccc(S(=O)(=O)N(C)C2CCCCC2)cn1)C1CC1. The molecule has 1 heterocycles. The number of hydrogen-bond acceptors (Lipinski definition) is 5. The summed E-state index contributed by atoms with van der Waals surface area (Å²) < 4.78 is 27.1. The van der Waals surface area contributed by atoms with Gasteiger partial charge >= 0.3 is 0 Å². The van der Waals surface area contributed by atoms with Crippen molar-refractivity contribution in [2.45, 2.75) is 73.9 Å². The van der Waals surface area contributed by atoms with Crippen molar-refractivity contribution >= 4 is 27.7 Å². The van der Waals surface area contributed by atoms with Gasteiger partial charge in [-0.15, -0.1) is 0 Å². The lowest BCUT2D eigenvalue weighted by molar-refractivity contribution is -0.119. The number of amides is 1. The molecule has 3 rings (SSSR count). The van der Waals surface area contributed by atoms with Crippen molar-refractivity contribution in [3.8, 4) is 0 Å². The van der Waals surface area contributed by atoms with Crippen molar-refractivity contribution in [3.05, 3.63) is 18.3 Å². The third kappa shape index (κ3) is 5.45. The van der Waals surface area contributed by atoms with Crippen molar-refractivity contribution in [3.63, 3.8) is 0 Å². The summed E-state index contributed by atoms with van der Waals surface area (Å²) in [6, 6.07) is 3.59. The quantitative estimate of drug-likeness (QED) is 0.665. The number of carbonyl (C=O) groups is 1. The molecule has 2 fully saturated rings. The predicted molar refractivity (Wildman–Crippen MR) is 107 cm³/mol. The number of rotatable bonds is 8. The van der Waals surface area contributed by atoms with E-state index in [1.165, 1.54) is 41.5 Å². The van der Waals surface area contributed by atoms with Crippen LogP contribution in [-0.4, -0.2) is 48.5 Å². The molecule has 0 bridgehead atoms. The van der Waals surface area contributed by atoms with Crippen LogP contribution in [0.1, 0.15) is 51.9 Å². The maximum Gasteiger partial charge on any atom is 0.244 e. The van der Waals surface area contributed by atoms with Crippen molar-refractivity contribution < 1.29 is 13.2 Å². The number of sulfonamides is 1. The van der Waals surface area contributed by atoms with Crippen LogP contribution in [0.15, 0.2) is 28.3 Å². The maximum absolute atomic E-state index is 12.8. The van der Waals surface area contributed by atoms with Gasteiger partial charge in [-0.2, -0.15) is 4.31 Å². The Morgan fingerprint density at radius 3 is 2.56 bits per heavy atom. The standard InChI is InChI=1S/C19H29N3O3S2/c1-14(15-8-9-15)21-18(23)13-26-19-11-10-17(12-20-19)27(24,25)22(2)16-6-4-3-5-7-16/h10-12,14-16H,3-9,13H2,1-2H3,(H,21,23)/t14-/m0/s1. The zero-order chi connectivity index (χ0) is 19.4. The highest BCUT2D eigenvalue weighted by molar-refractivity contribution is 7.99. The molecule has 1 aromatic rings. The number of pyridine rings is 1. The molecule has 27 heavy (non-hydrogen) atoms. The van der Waals surface area contributed by atoms with Crippen molar-refractivity contribution in [2.75, 3.05) is 12.8 Å². The number of carbonyl (C=O) groups excluding carboxylic acids is 1. The molecule has 0 aliphatic heterocycles. The van der Waals surface area contributed by atoms with Crippen LogP contribution in [0.5, 0.6) is 0 Å². The van der Waals surface area contributed by atoms with Gasteiger partial charge in [0, 0.05) is 25.3 Å². The summed E-state index contributed by atoms with van der Waals surface area (Å²) in [5.74, 6) is 0.913. The highest BCUT2D eigenvalue weighted by Gasteiger charge is 2.30. The van der Waals surface area contributed by atoms with Crippen LogP contribution in [0.25, 0.3) is 0 Å². The Labute approximate surface area is 166 Å². The molecule has 1 aromatic heterocycles. The molecule has 150 valence electrons. The Hall–Kier alpha value is -1.12. The van der Waals surface area contributed by atoms with Crippen molar-refractivity contribution in [1.29, 1.82) is 0 Å². The maximum atomic E-state index is 12.8. The summed E-state index contributed by atoms with van der Waals surface area (Å²) in [6.07, 6.45) is 8.99. The van der Waals surface area contributed by atoms with E-state index in [-0.39, 0.29) is 28.6 Å². The largest absolute Gasteiger partial charge is 0.353 e. The van der Waals surface area contributed by atoms with Crippen LogP contribution in [-0.2, 0) is 14.8 Å². The molecule has 0 aromatic carbocycles. The zero-order valence-electron chi connectivity index (χ0n) is 16.1. The molecule has 1 atom stereocenters. The van der Waals surface area contributed by atoms with E-state index in [9.17, 15) is 13.2 Å². The summed E-state index contributed by atoms with van der Waals surface area (Å²) in [5.41, 5.74) is 0. The molecule has 0 unspecified atom stereocenters. The Bertz CT molecular complexity index is 742. The predicted octanol–water partition coefficient (Wildman–Crippen LogP) is 3.04. The molecule has 0 spiro atoms. The number of nitrogens with one attached hydrogen (secondary N) is 1. The second-order valence-electron chi connectivity index (χ2n) is 7.63. The zero-order valence-corrected chi connectivity index (χ0v) is 17.7. The molecular formula is C19H29N3O3S2. The monoisotopic (exact) mass is 411 g/mol. The van der Waals surface area contributed by atoms with Crippen molar-refractivity contribution in [1.82, 2.24) is 14.6 Å². The summed E-state index contributed by atoms with van der Waals surface area (Å²) >= 11 is 1.33. The summed E-state index contributed by atoms with van der Waals surface area (Å²) in [7, 11) is -1.86. The number of nitrogens with zero attached hydrogens (tertiary/aromatic N) is 2. The average molecular weight is 412 g/mol. The van der Waals surface area contributed by atoms with E-state index in [0.717, 1.165) is 25.7 Å². The number of hydrogen-bond donors (Lipinski definition) is 1. The molecule has 1 N–H and O–H groups in total. The van der Waals surface area contributed by atoms with E-state index in [4.69, 9.17) is 0 Å². The molecule has 8 heteroatoms. The molecule has 6 nitrogen and oxygen atoms in total. The fraction of sp³-hybridized carbons (Fsp3) is 0.684. The van der Waals surface area contributed by atoms with E-state index < -0.39 is 10.0 Å². The summed E-state index contributed by atoms with van der Waals surface area (Å²) in [5, 5.41) is 3.66. The smallest absolute Gasteiger partial charge is 0.244 e. The lowest BCUT2D eigenvalue weighted by Gasteiger charge is -2.30. The number of aromatic nitrogens is 1. The van der Waals surface area contributed by atoms with Gasteiger partial charge in [-0.3, -0.25) is 4.79 Å².